The van der Waals surface area contributed by atoms with Gasteiger partial charge < -0.3 is 9.57 Å². The SMILES string of the molecule is CN1CCOCC1C1CC=NO1. The molecule has 2 rings (SSSR count). The Morgan fingerprint density at radius 2 is 2.50 bits per heavy atom. The molecule has 0 spiro atoms. The van der Waals surface area contributed by atoms with Gasteiger partial charge in [0.2, 0.25) is 0 Å². The summed E-state index contributed by atoms with van der Waals surface area (Å²) in [5.74, 6) is 0. The highest BCUT2D eigenvalue weighted by molar-refractivity contribution is 5.58. The zero-order valence-corrected chi connectivity index (χ0v) is 7.27. The maximum absolute atomic E-state index is 5.39. The Balaban J connectivity index is 1.92. The van der Waals surface area contributed by atoms with Crippen LogP contribution in [-0.4, -0.2) is 50.1 Å². The lowest BCUT2D eigenvalue weighted by Crippen LogP contribution is -2.49. The third kappa shape index (κ3) is 1.44. The van der Waals surface area contributed by atoms with Crippen LogP contribution in [0.5, 0.6) is 0 Å². The number of hydrogen-bond donors (Lipinski definition) is 0. The maximum Gasteiger partial charge on any atom is 0.150 e. The van der Waals surface area contributed by atoms with Gasteiger partial charge in [-0.2, -0.15) is 0 Å². The van der Waals surface area contributed by atoms with Crippen LogP contribution in [-0.2, 0) is 9.57 Å². The van der Waals surface area contributed by atoms with Crippen molar-refractivity contribution in [1.82, 2.24) is 4.90 Å². The molecule has 4 heteroatoms. The molecule has 4 nitrogen and oxygen atoms in total. The molecule has 0 radical (unpaired) electrons. The molecule has 0 amide bonds. The summed E-state index contributed by atoms with van der Waals surface area (Å²) in [6.07, 6.45) is 2.95. The van der Waals surface area contributed by atoms with Gasteiger partial charge in [-0.15, -0.1) is 0 Å². The molecule has 0 N–H and O–H groups in total. The number of ether oxygens (including phenoxy) is 1. The first-order valence-corrected chi connectivity index (χ1v) is 4.33. The Bertz CT molecular complexity index is 176. The summed E-state index contributed by atoms with van der Waals surface area (Å²) in [6.45, 7) is 2.59. The lowest BCUT2D eigenvalue weighted by atomic mass is 10.1. The minimum Gasteiger partial charge on any atom is -0.391 e. The van der Waals surface area contributed by atoms with E-state index in [-0.39, 0.29) is 6.10 Å². The molecule has 0 bridgehead atoms. The topological polar surface area (TPSA) is 34.1 Å². The van der Waals surface area contributed by atoms with Crippen molar-refractivity contribution in [3.05, 3.63) is 0 Å². The van der Waals surface area contributed by atoms with Crippen LogP contribution in [0.1, 0.15) is 6.42 Å². The van der Waals surface area contributed by atoms with E-state index in [0.717, 1.165) is 26.2 Å². The Morgan fingerprint density at radius 3 is 3.17 bits per heavy atom. The van der Waals surface area contributed by atoms with Crippen LogP contribution in [0.15, 0.2) is 5.16 Å². The standard InChI is InChI=1S/C8H14N2O2/c1-10-4-5-11-6-7(10)8-2-3-9-12-8/h3,7-8H,2,4-6H2,1H3. The number of hydrogen-bond acceptors (Lipinski definition) is 4. The van der Waals surface area contributed by atoms with Crippen molar-refractivity contribution in [2.45, 2.75) is 18.6 Å². The van der Waals surface area contributed by atoms with E-state index in [0.29, 0.717) is 6.04 Å². The fraction of sp³-hybridized carbons (Fsp3) is 0.875. The van der Waals surface area contributed by atoms with Gasteiger partial charge in [0.15, 0.2) is 0 Å². The normalized spacial score (nSPS) is 36.8. The van der Waals surface area contributed by atoms with Crippen molar-refractivity contribution in [2.24, 2.45) is 5.16 Å². The van der Waals surface area contributed by atoms with Crippen LogP contribution >= 0.6 is 0 Å². The van der Waals surface area contributed by atoms with Crippen LogP contribution < -0.4 is 0 Å². The smallest absolute Gasteiger partial charge is 0.150 e. The van der Waals surface area contributed by atoms with E-state index < -0.39 is 0 Å². The van der Waals surface area contributed by atoms with Crippen molar-refractivity contribution in [2.75, 3.05) is 26.8 Å². The molecule has 2 aliphatic heterocycles. The zero-order chi connectivity index (χ0) is 8.39. The van der Waals surface area contributed by atoms with E-state index in [1.165, 1.54) is 0 Å². The summed E-state index contributed by atoms with van der Waals surface area (Å²) < 4.78 is 5.39. The molecular weight excluding hydrogens is 156 g/mol. The van der Waals surface area contributed by atoms with Gasteiger partial charge in [-0.3, -0.25) is 4.90 Å². The largest absolute Gasteiger partial charge is 0.391 e. The molecule has 2 heterocycles. The molecule has 12 heavy (non-hydrogen) atoms. The lowest BCUT2D eigenvalue weighted by Gasteiger charge is -2.34. The van der Waals surface area contributed by atoms with Gasteiger partial charge in [0.05, 0.1) is 19.3 Å². The number of oxime groups is 1. The molecule has 1 saturated heterocycles. The Labute approximate surface area is 72.1 Å². The van der Waals surface area contributed by atoms with Gasteiger partial charge in [-0.05, 0) is 7.05 Å². The van der Waals surface area contributed by atoms with E-state index in [9.17, 15) is 0 Å². The average Bonchev–Trinajstić information content (AvgIpc) is 2.57. The van der Waals surface area contributed by atoms with Gasteiger partial charge in [-0.1, -0.05) is 5.16 Å². The van der Waals surface area contributed by atoms with Gasteiger partial charge in [0.25, 0.3) is 0 Å². The quantitative estimate of drug-likeness (QED) is 0.559. The van der Waals surface area contributed by atoms with E-state index in [2.05, 4.69) is 17.1 Å². The van der Waals surface area contributed by atoms with E-state index >= 15 is 0 Å². The highest BCUT2D eigenvalue weighted by atomic mass is 16.6. The van der Waals surface area contributed by atoms with Crippen LogP contribution in [0.3, 0.4) is 0 Å². The van der Waals surface area contributed by atoms with Crippen molar-refractivity contribution >= 4 is 6.21 Å². The molecule has 68 valence electrons. The second-order valence-corrected chi connectivity index (χ2v) is 3.29. The van der Waals surface area contributed by atoms with E-state index in [4.69, 9.17) is 9.57 Å². The minimum absolute atomic E-state index is 0.204. The molecule has 2 atom stereocenters. The summed E-state index contributed by atoms with van der Waals surface area (Å²) in [7, 11) is 2.11. The summed E-state index contributed by atoms with van der Waals surface area (Å²) in [5, 5.41) is 3.77. The minimum atomic E-state index is 0.204. The van der Waals surface area contributed by atoms with Crippen LogP contribution in [0.4, 0.5) is 0 Å². The Morgan fingerprint density at radius 1 is 1.58 bits per heavy atom. The van der Waals surface area contributed by atoms with Gasteiger partial charge in [0, 0.05) is 19.2 Å². The number of nitrogens with zero attached hydrogens (tertiary/aromatic N) is 2. The highest BCUT2D eigenvalue weighted by Crippen LogP contribution is 2.16. The molecule has 0 aromatic carbocycles. The van der Waals surface area contributed by atoms with E-state index in [1.54, 1.807) is 0 Å². The summed E-state index contributed by atoms with van der Waals surface area (Å²) in [4.78, 5) is 7.49. The molecule has 0 saturated carbocycles. The Kier molecular flexibility index (Phi) is 2.28. The van der Waals surface area contributed by atoms with Crippen LogP contribution in [0.2, 0.25) is 0 Å². The predicted molar refractivity (Wildman–Crippen MR) is 45.2 cm³/mol. The third-order valence-electron chi connectivity index (χ3n) is 2.48. The molecule has 2 unspecified atom stereocenters. The van der Waals surface area contributed by atoms with Crippen molar-refractivity contribution < 1.29 is 9.57 Å². The van der Waals surface area contributed by atoms with Crippen LogP contribution in [0, 0.1) is 0 Å². The number of rotatable bonds is 1. The first-order valence-electron chi connectivity index (χ1n) is 4.33. The summed E-state index contributed by atoms with van der Waals surface area (Å²) >= 11 is 0. The van der Waals surface area contributed by atoms with E-state index in [1.807, 2.05) is 6.21 Å². The monoisotopic (exact) mass is 170 g/mol. The first-order chi connectivity index (χ1) is 5.88. The van der Waals surface area contributed by atoms with Gasteiger partial charge in [0.1, 0.15) is 6.10 Å². The second-order valence-electron chi connectivity index (χ2n) is 3.29. The maximum atomic E-state index is 5.39. The van der Waals surface area contributed by atoms with Crippen molar-refractivity contribution in [3.8, 4) is 0 Å². The van der Waals surface area contributed by atoms with Gasteiger partial charge >= 0.3 is 0 Å². The molecule has 1 fully saturated rings. The van der Waals surface area contributed by atoms with Crippen molar-refractivity contribution in [3.63, 3.8) is 0 Å². The Hall–Kier alpha value is -0.610. The molecule has 2 aliphatic rings. The zero-order valence-electron chi connectivity index (χ0n) is 7.27. The first kappa shape index (κ1) is 8.01. The number of morpholine rings is 1. The predicted octanol–water partition coefficient (Wildman–Crippen LogP) is 0.0917. The fourth-order valence-corrected chi connectivity index (χ4v) is 1.64. The summed E-state index contributed by atoms with van der Waals surface area (Å²) in [5.41, 5.74) is 0. The van der Waals surface area contributed by atoms with Crippen molar-refractivity contribution in [1.29, 1.82) is 0 Å². The molecule has 0 aromatic heterocycles. The number of likely N-dealkylation sites (N-methyl/N-ethyl adjacent to an activating group) is 1. The second kappa shape index (κ2) is 3.41. The molecule has 0 aliphatic carbocycles. The summed E-state index contributed by atoms with van der Waals surface area (Å²) in [6, 6.07) is 0.376. The highest BCUT2D eigenvalue weighted by Gasteiger charge is 2.31. The fourth-order valence-electron chi connectivity index (χ4n) is 1.64. The average molecular weight is 170 g/mol. The molecule has 0 aromatic rings. The van der Waals surface area contributed by atoms with Crippen LogP contribution in [0.25, 0.3) is 0 Å². The van der Waals surface area contributed by atoms with Gasteiger partial charge in [-0.25, -0.2) is 0 Å². The third-order valence-corrected chi connectivity index (χ3v) is 2.48. The lowest BCUT2D eigenvalue weighted by molar-refractivity contribution is -0.0627. The molecular formula is C8H14N2O2.